The molecule has 0 radical (unpaired) electrons. The molecule has 0 saturated carbocycles. The van der Waals surface area contributed by atoms with Crippen LogP contribution in [0.5, 0.6) is 0 Å². The van der Waals surface area contributed by atoms with E-state index < -0.39 is 0 Å². The number of amides is 2. The Balaban J connectivity index is 1.53. The van der Waals surface area contributed by atoms with Gasteiger partial charge in [-0.15, -0.1) is 0 Å². The van der Waals surface area contributed by atoms with Crippen molar-refractivity contribution in [1.29, 1.82) is 0 Å². The highest BCUT2D eigenvalue weighted by Crippen LogP contribution is 2.19. The Kier molecular flexibility index (Phi) is 5.95. The van der Waals surface area contributed by atoms with Gasteiger partial charge in [0, 0.05) is 31.5 Å². The number of morpholine rings is 1. The van der Waals surface area contributed by atoms with E-state index in [0.29, 0.717) is 10.4 Å². The van der Waals surface area contributed by atoms with Crippen molar-refractivity contribution in [1.82, 2.24) is 4.90 Å². The van der Waals surface area contributed by atoms with Gasteiger partial charge in [0.2, 0.25) is 5.91 Å². The van der Waals surface area contributed by atoms with Crippen LogP contribution in [0.4, 0.5) is 11.4 Å². The molecule has 2 aromatic rings. The summed E-state index contributed by atoms with van der Waals surface area (Å²) in [5.41, 5.74) is 1.79. The second-order valence-electron chi connectivity index (χ2n) is 5.96. The molecular weight excluding hydrogens is 402 g/mol. The zero-order valence-corrected chi connectivity index (χ0v) is 16.0. The Labute approximate surface area is 160 Å². The van der Waals surface area contributed by atoms with Gasteiger partial charge in [0.15, 0.2) is 10.4 Å². The fraction of sp³-hybridized carbons (Fsp3) is 0.333. The number of carbonyl (C=O) groups excluding carboxylic acids is 2. The molecule has 7 nitrogen and oxygen atoms in total. The van der Waals surface area contributed by atoms with E-state index >= 15 is 0 Å². The Morgan fingerprint density at radius 1 is 1.15 bits per heavy atom. The van der Waals surface area contributed by atoms with Gasteiger partial charge in [0.1, 0.15) is 0 Å². The lowest BCUT2D eigenvalue weighted by Gasteiger charge is -2.28. The third kappa shape index (κ3) is 4.64. The Morgan fingerprint density at radius 3 is 2.46 bits per heavy atom. The summed E-state index contributed by atoms with van der Waals surface area (Å²) in [6.45, 7) is 3.11. The lowest BCUT2D eigenvalue weighted by molar-refractivity contribution is -0.116. The van der Waals surface area contributed by atoms with Crippen molar-refractivity contribution < 1.29 is 18.7 Å². The zero-order chi connectivity index (χ0) is 18.5. The number of nitrogens with one attached hydrogen (secondary N) is 1. The molecule has 1 aliphatic heterocycles. The zero-order valence-electron chi connectivity index (χ0n) is 14.4. The maximum absolute atomic E-state index is 12.2. The maximum Gasteiger partial charge on any atom is 0.289 e. The summed E-state index contributed by atoms with van der Waals surface area (Å²) < 4.78 is 11.0. The van der Waals surface area contributed by atoms with Gasteiger partial charge in [0.05, 0.1) is 19.8 Å². The molecule has 8 heteroatoms. The van der Waals surface area contributed by atoms with Gasteiger partial charge in [-0.05, 0) is 52.3 Å². The van der Waals surface area contributed by atoms with Crippen LogP contribution >= 0.6 is 15.9 Å². The summed E-state index contributed by atoms with van der Waals surface area (Å²) in [4.78, 5) is 27.9. The monoisotopic (exact) mass is 421 g/mol. The average molecular weight is 422 g/mol. The van der Waals surface area contributed by atoms with Gasteiger partial charge in [-0.3, -0.25) is 9.59 Å². The summed E-state index contributed by atoms with van der Waals surface area (Å²) in [6.07, 6.45) is 0. The van der Waals surface area contributed by atoms with E-state index in [1.54, 1.807) is 19.2 Å². The van der Waals surface area contributed by atoms with Crippen molar-refractivity contribution >= 4 is 39.1 Å². The van der Waals surface area contributed by atoms with Crippen LogP contribution in [0.2, 0.25) is 0 Å². The summed E-state index contributed by atoms with van der Waals surface area (Å²) >= 11 is 3.15. The number of benzene rings is 1. The van der Waals surface area contributed by atoms with Crippen molar-refractivity contribution in [2.24, 2.45) is 0 Å². The molecule has 1 aromatic heterocycles. The predicted molar refractivity (Wildman–Crippen MR) is 101 cm³/mol. The van der Waals surface area contributed by atoms with Gasteiger partial charge in [0.25, 0.3) is 5.91 Å². The van der Waals surface area contributed by atoms with Crippen LogP contribution in [-0.4, -0.2) is 56.6 Å². The third-order valence-corrected chi connectivity index (χ3v) is 4.46. The van der Waals surface area contributed by atoms with Crippen molar-refractivity contribution in [3.63, 3.8) is 0 Å². The molecule has 0 unspecified atom stereocenters. The summed E-state index contributed by atoms with van der Waals surface area (Å²) in [5.74, 6) is -0.443. The first-order chi connectivity index (χ1) is 12.5. The number of hydrogen-bond donors (Lipinski definition) is 1. The first-order valence-electron chi connectivity index (χ1n) is 8.26. The topological polar surface area (TPSA) is 75.0 Å². The first kappa shape index (κ1) is 18.5. The maximum atomic E-state index is 12.2. The Morgan fingerprint density at radius 2 is 1.85 bits per heavy atom. The number of nitrogens with zero attached hydrogens (tertiary/aromatic N) is 2. The molecule has 1 aromatic carbocycles. The molecule has 1 aliphatic rings. The normalized spacial score (nSPS) is 14.2. The lowest BCUT2D eigenvalue weighted by atomic mass is 10.2. The van der Waals surface area contributed by atoms with Gasteiger partial charge in [-0.1, -0.05) is 0 Å². The van der Waals surface area contributed by atoms with Crippen molar-refractivity contribution in [3.8, 4) is 0 Å². The summed E-state index contributed by atoms with van der Waals surface area (Å²) in [7, 11) is 1.56. The Bertz CT molecular complexity index is 769. The molecule has 0 bridgehead atoms. The van der Waals surface area contributed by atoms with E-state index in [2.05, 4.69) is 26.1 Å². The Hall–Kier alpha value is -2.32. The summed E-state index contributed by atoms with van der Waals surface area (Å²) in [5, 5.41) is 2.80. The molecule has 0 atom stereocenters. The van der Waals surface area contributed by atoms with Crippen LogP contribution in [-0.2, 0) is 9.53 Å². The lowest BCUT2D eigenvalue weighted by Crippen LogP contribution is -2.36. The average Bonchev–Trinajstić information content (AvgIpc) is 3.08. The minimum atomic E-state index is -0.353. The molecule has 1 N–H and O–H groups in total. The SMILES string of the molecule is CN(CC(=O)Nc1ccc(N2CCOCC2)cc1)C(=O)c1ccc(Br)o1. The van der Waals surface area contributed by atoms with Gasteiger partial charge in [-0.2, -0.15) is 0 Å². The molecule has 2 amide bonds. The van der Waals surface area contributed by atoms with Gasteiger partial charge < -0.3 is 24.3 Å². The van der Waals surface area contributed by atoms with E-state index in [1.165, 1.54) is 4.90 Å². The van der Waals surface area contributed by atoms with Crippen molar-refractivity contribution in [2.45, 2.75) is 0 Å². The molecule has 26 heavy (non-hydrogen) atoms. The number of rotatable bonds is 5. The molecule has 2 heterocycles. The minimum absolute atomic E-state index is 0.0671. The van der Waals surface area contributed by atoms with E-state index in [9.17, 15) is 9.59 Å². The number of furan rings is 1. The number of carbonyl (C=O) groups is 2. The number of halogens is 1. The van der Waals surface area contributed by atoms with Crippen LogP contribution in [0.25, 0.3) is 0 Å². The van der Waals surface area contributed by atoms with Gasteiger partial charge >= 0.3 is 0 Å². The largest absolute Gasteiger partial charge is 0.444 e. The summed E-state index contributed by atoms with van der Waals surface area (Å²) in [6, 6.07) is 10.8. The fourth-order valence-electron chi connectivity index (χ4n) is 2.68. The quantitative estimate of drug-likeness (QED) is 0.802. The molecular formula is C18H20BrN3O4. The second kappa shape index (κ2) is 8.37. The predicted octanol–water partition coefficient (Wildman–Crippen LogP) is 2.59. The molecule has 138 valence electrons. The molecule has 0 aliphatic carbocycles. The van der Waals surface area contributed by atoms with Crippen molar-refractivity contribution in [2.75, 3.05) is 50.1 Å². The van der Waals surface area contributed by atoms with Crippen LogP contribution < -0.4 is 10.2 Å². The van der Waals surface area contributed by atoms with E-state index in [4.69, 9.17) is 9.15 Å². The highest BCUT2D eigenvalue weighted by atomic mass is 79.9. The molecule has 1 saturated heterocycles. The smallest absolute Gasteiger partial charge is 0.289 e. The second-order valence-corrected chi connectivity index (χ2v) is 6.74. The highest BCUT2D eigenvalue weighted by molar-refractivity contribution is 9.10. The van der Waals surface area contributed by atoms with Gasteiger partial charge in [-0.25, -0.2) is 0 Å². The number of hydrogen-bond acceptors (Lipinski definition) is 5. The van der Waals surface area contributed by atoms with E-state index in [0.717, 1.165) is 32.0 Å². The van der Waals surface area contributed by atoms with Crippen LogP contribution in [0.1, 0.15) is 10.6 Å². The standard InChI is InChI=1S/C18H20BrN3O4/c1-21(18(24)15-6-7-16(19)26-15)12-17(23)20-13-2-4-14(5-3-13)22-8-10-25-11-9-22/h2-7H,8-12H2,1H3,(H,20,23). The van der Waals surface area contributed by atoms with Crippen LogP contribution in [0.15, 0.2) is 45.5 Å². The molecule has 1 fully saturated rings. The number of anilines is 2. The van der Waals surface area contributed by atoms with E-state index in [1.807, 2.05) is 24.3 Å². The van der Waals surface area contributed by atoms with Crippen LogP contribution in [0, 0.1) is 0 Å². The third-order valence-electron chi connectivity index (χ3n) is 4.04. The number of ether oxygens (including phenoxy) is 1. The first-order valence-corrected chi connectivity index (χ1v) is 9.05. The van der Waals surface area contributed by atoms with E-state index in [-0.39, 0.29) is 24.1 Å². The van der Waals surface area contributed by atoms with Crippen molar-refractivity contribution in [3.05, 3.63) is 46.8 Å². The molecule has 0 spiro atoms. The minimum Gasteiger partial charge on any atom is -0.444 e. The molecule has 3 rings (SSSR count). The highest BCUT2D eigenvalue weighted by Gasteiger charge is 2.18. The fourth-order valence-corrected chi connectivity index (χ4v) is 2.99. The number of likely N-dealkylation sites (N-methyl/N-ethyl adjacent to an activating group) is 1. The van der Waals surface area contributed by atoms with Crippen LogP contribution in [0.3, 0.4) is 0 Å².